The predicted octanol–water partition coefficient (Wildman–Crippen LogP) is 3.61. The molecule has 0 saturated heterocycles. The predicted molar refractivity (Wildman–Crippen MR) is 100 cm³/mol. The van der Waals surface area contributed by atoms with Gasteiger partial charge in [0.05, 0.1) is 6.21 Å². The standard InChI is InChI=1S/C17H13ClN4O3S/c18-13-7-5-11(6-8-13)16-20-21-17(26)22(16)19-9-12-3-1-2-4-14(12)25-10-15(23)24/h1-9H,10H2,(H,21,26)(H,23,24)/b19-9-. The third-order valence-electron chi connectivity index (χ3n) is 3.34. The number of aliphatic carboxylic acids is 1. The number of aromatic amines is 1. The Bertz CT molecular complexity index is 1010. The Morgan fingerprint density at radius 1 is 1.31 bits per heavy atom. The molecule has 2 N–H and O–H groups in total. The molecule has 0 radical (unpaired) electrons. The van der Waals surface area contributed by atoms with Crippen molar-refractivity contribution in [1.29, 1.82) is 0 Å². The molecule has 0 aliphatic carbocycles. The second-order valence-corrected chi connectivity index (χ2v) is 5.96. The van der Waals surface area contributed by atoms with Crippen LogP contribution in [0.15, 0.2) is 53.6 Å². The van der Waals surface area contributed by atoms with Crippen molar-refractivity contribution in [3.8, 4) is 17.1 Å². The SMILES string of the molecule is O=C(O)COc1ccccc1/C=N\n1c(-c2ccc(Cl)cc2)n[nH]c1=S. The van der Waals surface area contributed by atoms with Crippen LogP contribution in [0.2, 0.25) is 5.02 Å². The lowest BCUT2D eigenvalue weighted by Gasteiger charge is -2.06. The van der Waals surface area contributed by atoms with Crippen LogP contribution in [0.25, 0.3) is 11.4 Å². The van der Waals surface area contributed by atoms with E-state index in [1.54, 1.807) is 36.4 Å². The zero-order valence-electron chi connectivity index (χ0n) is 13.3. The molecule has 0 bridgehead atoms. The first-order chi connectivity index (χ1) is 12.5. The van der Waals surface area contributed by atoms with Crippen LogP contribution in [0.3, 0.4) is 0 Å². The summed E-state index contributed by atoms with van der Waals surface area (Å²) in [7, 11) is 0. The van der Waals surface area contributed by atoms with Gasteiger partial charge in [-0.05, 0) is 48.6 Å². The molecule has 7 nitrogen and oxygen atoms in total. The molecular weight excluding hydrogens is 376 g/mol. The maximum Gasteiger partial charge on any atom is 0.341 e. The summed E-state index contributed by atoms with van der Waals surface area (Å²) in [6.07, 6.45) is 1.53. The van der Waals surface area contributed by atoms with E-state index in [4.69, 9.17) is 33.7 Å². The minimum atomic E-state index is -1.06. The molecule has 1 heterocycles. The van der Waals surface area contributed by atoms with E-state index in [9.17, 15) is 4.79 Å². The van der Waals surface area contributed by atoms with E-state index in [-0.39, 0.29) is 0 Å². The van der Waals surface area contributed by atoms with Crippen molar-refractivity contribution in [2.75, 3.05) is 6.61 Å². The zero-order chi connectivity index (χ0) is 18.5. The average molecular weight is 389 g/mol. The highest BCUT2D eigenvalue weighted by atomic mass is 35.5. The van der Waals surface area contributed by atoms with Gasteiger partial charge in [0.15, 0.2) is 12.4 Å². The monoisotopic (exact) mass is 388 g/mol. The van der Waals surface area contributed by atoms with Crippen molar-refractivity contribution in [2.24, 2.45) is 5.10 Å². The molecule has 2 aromatic carbocycles. The molecule has 0 unspecified atom stereocenters. The third-order valence-corrected chi connectivity index (χ3v) is 3.85. The van der Waals surface area contributed by atoms with Crippen LogP contribution in [0, 0.1) is 4.77 Å². The smallest absolute Gasteiger partial charge is 0.341 e. The number of para-hydroxylation sites is 1. The molecule has 0 atom stereocenters. The van der Waals surface area contributed by atoms with Gasteiger partial charge in [-0.1, -0.05) is 23.7 Å². The van der Waals surface area contributed by atoms with E-state index in [1.807, 2.05) is 12.1 Å². The van der Waals surface area contributed by atoms with E-state index in [0.29, 0.717) is 26.9 Å². The highest BCUT2D eigenvalue weighted by Crippen LogP contribution is 2.20. The lowest BCUT2D eigenvalue weighted by atomic mass is 10.2. The topological polar surface area (TPSA) is 92.5 Å². The first-order valence-corrected chi connectivity index (χ1v) is 8.24. The Labute approximate surface area is 158 Å². The van der Waals surface area contributed by atoms with Crippen molar-refractivity contribution in [2.45, 2.75) is 0 Å². The summed E-state index contributed by atoms with van der Waals surface area (Å²) in [5.41, 5.74) is 1.40. The first kappa shape index (κ1) is 17.8. The third kappa shape index (κ3) is 4.16. The quantitative estimate of drug-likeness (QED) is 0.497. The first-order valence-electron chi connectivity index (χ1n) is 7.46. The summed E-state index contributed by atoms with van der Waals surface area (Å²) in [4.78, 5) is 10.7. The van der Waals surface area contributed by atoms with Crippen LogP contribution in [0.1, 0.15) is 5.56 Å². The second-order valence-electron chi connectivity index (χ2n) is 5.14. The van der Waals surface area contributed by atoms with Crippen molar-refractivity contribution in [3.63, 3.8) is 0 Å². The average Bonchev–Trinajstić information content (AvgIpc) is 3.00. The summed E-state index contributed by atoms with van der Waals surface area (Å²) < 4.78 is 7.04. The fraction of sp³-hybridized carbons (Fsp3) is 0.0588. The van der Waals surface area contributed by atoms with E-state index in [0.717, 1.165) is 5.56 Å². The fourth-order valence-electron chi connectivity index (χ4n) is 2.16. The Morgan fingerprint density at radius 3 is 2.77 bits per heavy atom. The van der Waals surface area contributed by atoms with Crippen LogP contribution in [-0.2, 0) is 4.79 Å². The highest BCUT2D eigenvalue weighted by molar-refractivity contribution is 7.71. The van der Waals surface area contributed by atoms with Crippen molar-refractivity contribution in [1.82, 2.24) is 14.9 Å². The number of ether oxygens (including phenoxy) is 1. The number of carbonyl (C=O) groups is 1. The van der Waals surface area contributed by atoms with Crippen molar-refractivity contribution >= 4 is 36.0 Å². The summed E-state index contributed by atoms with van der Waals surface area (Å²) in [5.74, 6) is -0.132. The van der Waals surface area contributed by atoms with Gasteiger partial charge in [-0.25, -0.2) is 9.89 Å². The molecule has 1 aromatic heterocycles. The Kier molecular flexibility index (Phi) is 5.45. The number of benzene rings is 2. The number of halogens is 1. The maximum atomic E-state index is 10.7. The Hall–Kier alpha value is -2.97. The summed E-state index contributed by atoms with van der Waals surface area (Å²) in [5, 5.41) is 20.6. The minimum Gasteiger partial charge on any atom is -0.481 e. The minimum absolute atomic E-state index is 0.315. The molecule has 3 aromatic rings. The lowest BCUT2D eigenvalue weighted by Crippen LogP contribution is -2.10. The van der Waals surface area contributed by atoms with Crippen molar-refractivity contribution in [3.05, 3.63) is 63.9 Å². The number of rotatable bonds is 6. The molecular formula is C17H13ClN4O3S. The van der Waals surface area contributed by atoms with Crippen LogP contribution >= 0.6 is 23.8 Å². The van der Waals surface area contributed by atoms with Crippen molar-refractivity contribution < 1.29 is 14.6 Å². The molecule has 9 heteroatoms. The summed E-state index contributed by atoms with van der Waals surface area (Å²) in [6, 6.07) is 14.1. The fourth-order valence-corrected chi connectivity index (χ4v) is 2.47. The summed E-state index contributed by atoms with van der Waals surface area (Å²) in [6.45, 7) is -0.438. The normalized spacial score (nSPS) is 11.0. The van der Waals surface area contributed by atoms with E-state index in [1.165, 1.54) is 10.9 Å². The van der Waals surface area contributed by atoms with Gasteiger partial charge in [0, 0.05) is 16.1 Å². The molecule has 3 rings (SSSR count). The lowest BCUT2D eigenvalue weighted by molar-refractivity contribution is -0.139. The Morgan fingerprint density at radius 2 is 2.04 bits per heavy atom. The molecule has 0 aliphatic rings. The molecule has 0 fully saturated rings. The largest absolute Gasteiger partial charge is 0.481 e. The van der Waals surface area contributed by atoms with Gasteiger partial charge in [0.25, 0.3) is 0 Å². The number of hydrogen-bond acceptors (Lipinski definition) is 5. The number of carboxylic acids is 1. The van der Waals surface area contributed by atoms with Gasteiger partial charge in [-0.3, -0.25) is 0 Å². The van der Waals surface area contributed by atoms with E-state index >= 15 is 0 Å². The van der Waals surface area contributed by atoms with Gasteiger partial charge in [0.2, 0.25) is 4.77 Å². The molecule has 0 aliphatic heterocycles. The van der Waals surface area contributed by atoms with Crippen LogP contribution in [0.5, 0.6) is 5.75 Å². The molecule has 0 amide bonds. The molecule has 26 heavy (non-hydrogen) atoms. The number of carboxylic acid groups (broad SMARTS) is 1. The highest BCUT2D eigenvalue weighted by Gasteiger charge is 2.09. The number of nitrogens with zero attached hydrogens (tertiary/aromatic N) is 3. The van der Waals surface area contributed by atoms with Gasteiger partial charge in [-0.2, -0.15) is 14.9 Å². The molecule has 0 spiro atoms. The number of H-pyrrole nitrogens is 1. The Balaban J connectivity index is 1.93. The zero-order valence-corrected chi connectivity index (χ0v) is 14.9. The van der Waals surface area contributed by atoms with Gasteiger partial charge in [0.1, 0.15) is 5.75 Å². The van der Waals surface area contributed by atoms with Gasteiger partial charge >= 0.3 is 5.97 Å². The van der Waals surface area contributed by atoms with Crippen LogP contribution < -0.4 is 4.74 Å². The summed E-state index contributed by atoms with van der Waals surface area (Å²) >= 11 is 11.1. The second kappa shape index (κ2) is 7.94. The van der Waals surface area contributed by atoms with E-state index < -0.39 is 12.6 Å². The molecule has 132 valence electrons. The van der Waals surface area contributed by atoms with E-state index in [2.05, 4.69) is 15.3 Å². The van der Waals surface area contributed by atoms with Gasteiger partial charge in [-0.15, -0.1) is 0 Å². The molecule has 0 saturated carbocycles. The number of nitrogens with one attached hydrogen (secondary N) is 1. The van der Waals surface area contributed by atoms with Crippen LogP contribution in [-0.4, -0.2) is 38.8 Å². The number of hydrogen-bond donors (Lipinski definition) is 2. The van der Waals surface area contributed by atoms with Gasteiger partial charge < -0.3 is 9.84 Å². The van der Waals surface area contributed by atoms with Crippen LogP contribution in [0.4, 0.5) is 0 Å². The maximum absolute atomic E-state index is 10.7. The number of aromatic nitrogens is 3.